The van der Waals surface area contributed by atoms with Crippen molar-refractivity contribution in [1.29, 1.82) is 0 Å². The van der Waals surface area contributed by atoms with E-state index in [9.17, 15) is 14.7 Å². The van der Waals surface area contributed by atoms with Gasteiger partial charge in [-0.15, -0.1) is 0 Å². The summed E-state index contributed by atoms with van der Waals surface area (Å²) in [5, 5.41) is 12.1. The highest BCUT2D eigenvalue weighted by molar-refractivity contribution is 5.86. The van der Waals surface area contributed by atoms with Gasteiger partial charge in [-0.3, -0.25) is 9.59 Å². The van der Waals surface area contributed by atoms with Crippen molar-refractivity contribution in [2.24, 2.45) is 23.7 Å². The van der Waals surface area contributed by atoms with Crippen LogP contribution >= 0.6 is 0 Å². The lowest BCUT2D eigenvalue weighted by Crippen LogP contribution is -2.49. The van der Waals surface area contributed by atoms with Crippen molar-refractivity contribution < 1.29 is 14.7 Å². The Balaban J connectivity index is 2.15. The van der Waals surface area contributed by atoms with Gasteiger partial charge in [-0.2, -0.15) is 0 Å². The maximum absolute atomic E-state index is 12.1. The van der Waals surface area contributed by atoms with Crippen LogP contribution in [0.2, 0.25) is 0 Å². The van der Waals surface area contributed by atoms with Crippen LogP contribution in [0.5, 0.6) is 0 Å². The number of carboxylic acid groups (broad SMARTS) is 1. The Bertz CT molecular complexity index is 351. The maximum atomic E-state index is 12.1. The third kappa shape index (κ3) is 2.21. The first-order valence-corrected chi connectivity index (χ1v) is 6.34. The number of hydrogen-bond donors (Lipinski definition) is 2. The highest BCUT2D eigenvalue weighted by Crippen LogP contribution is 2.44. The highest BCUT2D eigenvalue weighted by atomic mass is 16.4. The number of carbonyl (C=O) groups excluding carboxylic acids is 1. The molecule has 4 unspecified atom stereocenters. The lowest BCUT2D eigenvalue weighted by atomic mass is 9.62. The van der Waals surface area contributed by atoms with Crippen molar-refractivity contribution in [3.05, 3.63) is 12.2 Å². The summed E-state index contributed by atoms with van der Waals surface area (Å²) in [4.78, 5) is 23.4. The predicted octanol–water partition coefficient (Wildman–Crippen LogP) is 1.43. The summed E-state index contributed by atoms with van der Waals surface area (Å²) >= 11 is 0. The van der Waals surface area contributed by atoms with E-state index >= 15 is 0 Å². The Labute approximate surface area is 101 Å². The first kappa shape index (κ1) is 12.1. The monoisotopic (exact) mass is 237 g/mol. The number of amides is 1. The van der Waals surface area contributed by atoms with Crippen molar-refractivity contribution >= 4 is 11.9 Å². The fourth-order valence-electron chi connectivity index (χ4n) is 3.05. The lowest BCUT2D eigenvalue weighted by molar-refractivity contribution is -0.152. The standard InChI is InChI=1S/C13H19NO3/c1-2-7-14-12(15)10-8-3-5-9(6-4-8)11(10)13(16)17/h3,5,8-11H,2,4,6-7H2,1H3,(H,14,15)(H,16,17). The lowest BCUT2D eigenvalue weighted by Gasteiger charge is -2.41. The normalized spacial score (nSPS) is 34.6. The van der Waals surface area contributed by atoms with Crippen LogP contribution in [0.25, 0.3) is 0 Å². The molecule has 3 aliphatic carbocycles. The number of allylic oxidation sites excluding steroid dienone is 2. The summed E-state index contributed by atoms with van der Waals surface area (Å²) in [6.07, 6.45) is 6.73. The molecule has 0 saturated heterocycles. The Hall–Kier alpha value is -1.32. The van der Waals surface area contributed by atoms with Gasteiger partial charge in [-0.05, 0) is 31.1 Å². The van der Waals surface area contributed by atoms with Gasteiger partial charge in [0.25, 0.3) is 0 Å². The Morgan fingerprint density at radius 1 is 1.24 bits per heavy atom. The molecule has 1 fully saturated rings. The van der Waals surface area contributed by atoms with Gasteiger partial charge in [-0.25, -0.2) is 0 Å². The summed E-state index contributed by atoms with van der Waals surface area (Å²) in [5.41, 5.74) is 0. The second kappa shape index (κ2) is 4.90. The van der Waals surface area contributed by atoms with Gasteiger partial charge in [-0.1, -0.05) is 19.1 Å². The summed E-state index contributed by atoms with van der Waals surface area (Å²) in [7, 11) is 0. The molecule has 4 atom stereocenters. The zero-order chi connectivity index (χ0) is 12.4. The van der Waals surface area contributed by atoms with E-state index in [0.29, 0.717) is 6.54 Å². The smallest absolute Gasteiger partial charge is 0.307 e. The van der Waals surface area contributed by atoms with E-state index in [-0.39, 0.29) is 23.7 Å². The molecule has 1 saturated carbocycles. The van der Waals surface area contributed by atoms with E-state index in [1.165, 1.54) is 0 Å². The van der Waals surface area contributed by atoms with Crippen LogP contribution in [-0.2, 0) is 9.59 Å². The van der Waals surface area contributed by atoms with Gasteiger partial charge >= 0.3 is 5.97 Å². The Morgan fingerprint density at radius 3 is 2.29 bits per heavy atom. The second-order valence-corrected chi connectivity index (χ2v) is 4.97. The number of hydrogen-bond acceptors (Lipinski definition) is 2. The molecular weight excluding hydrogens is 218 g/mol. The number of fused-ring (bicyclic) bond motifs is 2. The van der Waals surface area contributed by atoms with E-state index in [1.54, 1.807) is 0 Å². The first-order chi connectivity index (χ1) is 8.15. The minimum absolute atomic E-state index is 0.0369. The van der Waals surface area contributed by atoms with Gasteiger partial charge in [0, 0.05) is 6.54 Å². The molecule has 0 aromatic carbocycles. The maximum Gasteiger partial charge on any atom is 0.307 e. The van der Waals surface area contributed by atoms with Crippen molar-refractivity contribution in [1.82, 2.24) is 5.32 Å². The molecule has 2 N–H and O–H groups in total. The van der Waals surface area contributed by atoms with Crippen LogP contribution in [0.4, 0.5) is 0 Å². The number of carboxylic acids is 1. The van der Waals surface area contributed by atoms with E-state index in [4.69, 9.17) is 0 Å². The van der Waals surface area contributed by atoms with E-state index in [0.717, 1.165) is 19.3 Å². The topological polar surface area (TPSA) is 66.4 Å². The van der Waals surface area contributed by atoms with Crippen molar-refractivity contribution in [2.75, 3.05) is 6.54 Å². The fourth-order valence-corrected chi connectivity index (χ4v) is 3.05. The molecular formula is C13H19NO3. The summed E-state index contributed by atoms with van der Waals surface area (Å²) in [6.45, 7) is 2.62. The van der Waals surface area contributed by atoms with Gasteiger partial charge in [0.1, 0.15) is 0 Å². The molecule has 94 valence electrons. The molecule has 0 aliphatic heterocycles. The molecule has 0 aromatic rings. The molecule has 4 nitrogen and oxygen atoms in total. The molecule has 1 amide bonds. The van der Waals surface area contributed by atoms with Crippen LogP contribution in [-0.4, -0.2) is 23.5 Å². The van der Waals surface area contributed by atoms with Crippen LogP contribution in [0.1, 0.15) is 26.2 Å². The van der Waals surface area contributed by atoms with Crippen LogP contribution in [0.3, 0.4) is 0 Å². The largest absolute Gasteiger partial charge is 0.481 e. The number of nitrogens with one attached hydrogen (secondary N) is 1. The fraction of sp³-hybridized carbons (Fsp3) is 0.692. The van der Waals surface area contributed by atoms with Crippen molar-refractivity contribution in [3.8, 4) is 0 Å². The predicted molar refractivity (Wildman–Crippen MR) is 63.3 cm³/mol. The zero-order valence-corrected chi connectivity index (χ0v) is 10.1. The second-order valence-electron chi connectivity index (χ2n) is 4.97. The molecule has 4 heteroatoms. The zero-order valence-electron chi connectivity index (χ0n) is 10.1. The molecule has 2 bridgehead atoms. The number of aliphatic carboxylic acids is 1. The van der Waals surface area contributed by atoms with Crippen LogP contribution < -0.4 is 5.32 Å². The quantitative estimate of drug-likeness (QED) is 0.727. The van der Waals surface area contributed by atoms with Crippen molar-refractivity contribution in [2.45, 2.75) is 26.2 Å². The molecule has 0 spiro atoms. The third-order valence-electron chi connectivity index (χ3n) is 3.89. The molecule has 3 aliphatic rings. The molecule has 17 heavy (non-hydrogen) atoms. The summed E-state index contributed by atoms with van der Waals surface area (Å²) in [6, 6.07) is 0. The molecule has 0 aromatic heterocycles. The van der Waals surface area contributed by atoms with Gasteiger partial charge in [0.2, 0.25) is 5.91 Å². The van der Waals surface area contributed by atoms with Gasteiger partial charge < -0.3 is 10.4 Å². The van der Waals surface area contributed by atoms with Crippen molar-refractivity contribution in [3.63, 3.8) is 0 Å². The van der Waals surface area contributed by atoms with Gasteiger partial charge in [0.05, 0.1) is 11.8 Å². The Kier molecular flexibility index (Phi) is 3.50. The van der Waals surface area contributed by atoms with Gasteiger partial charge in [0.15, 0.2) is 0 Å². The van der Waals surface area contributed by atoms with Crippen LogP contribution in [0, 0.1) is 23.7 Å². The van der Waals surface area contributed by atoms with E-state index < -0.39 is 11.9 Å². The minimum Gasteiger partial charge on any atom is -0.481 e. The molecule has 0 radical (unpaired) electrons. The first-order valence-electron chi connectivity index (χ1n) is 6.34. The SMILES string of the molecule is CCCNC(=O)C1C2C=CC(CC2)C1C(=O)O. The highest BCUT2D eigenvalue weighted by Gasteiger charge is 2.47. The summed E-state index contributed by atoms with van der Waals surface area (Å²) < 4.78 is 0. The minimum atomic E-state index is -0.833. The summed E-state index contributed by atoms with van der Waals surface area (Å²) in [5.74, 6) is -1.68. The number of carbonyl (C=O) groups is 2. The molecule has 0 heterocycles. The number of rotatable bonds is 4. The van der Waals surface area contributed by atoms with E-state index in [1.807, 2.05) is 19.1 Å². The molecule has 3 rings (SSSR count). The average Bonchev–Trinajstić information content (AvgIpc) is 2.36. The van der Waals surface area contributed by atoms with E-state index in [2.05, 4.69) is 5.32 Å². The Morgan fingerprint density at radius 2 is 1.82 bits per heavy atom. The average molecular weight is 237 g/mol. The third-order valence-corrected chi connectivity index (χ3v) is 3.89. The van der Waals surface area contributed by atoms with Crippen LogP contribution in [0.15, 0.2) is 12.2 Å².